The molecule has 8 rings (SSSR count). The lowest BCUT2D eigenvalue weighted by Gasteiger charge is -2.43. The summed E-state index contributed by atoms with van der Waals surface area (Å²) in [5.74, 6) is 1.27. The van der Waals surface area contributed by atoms with Crippen LogP contribution in [0, 0.1) is 5.92 Å². The summed E-state index contributed by atoms with van der Waals surface area (Å²) >= 11 is 0. The van der Waals surface area contributed by atoms with E-state index in [2.05, 4.69) is 56.9 Å². The van der Waals surface area contributed by atoms with Crippen LogP contribution in [0.1, 0.15) is 48.5 Å². The van der Waals surface area contributed by atoms with E-state index in [4.69, 9.17) is 9.47 Å². The summed E-state index contributed by atoms with van der Waals surface area (Å²) in [7, 11) is 0. The number of piperidine rings is 3. The van der Waals surface area contributed by atoms with E-state index in [0.717, 1.165) is 86.3 Å². The van der Waals surface area contributed by atoms with Gasteiger partial charge < -0.3 is 30.0 Å². The van der Waals surface area contributed by atoms with E-state index >= 15 is 0 Å². The fraction of sp³-hybridized carbons (Fsp3) is 0.349. The van der Waals surface area contributed by atoms with Crippen molar-refractivity contribution in [3.63, 3.8) is 0 Å². The van der Waals surface area contributed by atoms with Crippen molar-refractivity contribution in [1.29, 1.82) is 0 Å². The Kier molecular flexibility index (Phi) is 14.4. The number of pyridine rings is 1. The number of H-pyrrole nitrogens is 1. The van der Waals surface area contributed by atoms with Crippen LogP contribution in [0.4, 0.5) is 19.9 Å². The summed E-state index contributed by atoms with van der Waals surface area (Å²) in [6.45, 7) is 4.68. The molecule has 0 radical (unpaired) electrons. The molecule has 3 fully saturated rings. The predicted octanol–water partition coefficient (Wildman–Crippen LogP) is 7.12. The highest BCUT2D eigenvalue weighted by atomic mass is 19.0. The molecule has 1 aromatic heterocycles. The number of aliphatic hydroxyl groups is 1. The molecule has 4 heterocycles. The quantitative estimate of drug-likeness (QED) is 0.0714. The number of carbonyl (C=O) groups is 1. The van der Waals surface area contributed by atoms with Crippen LogP contribution in [-0.4, -0.2) is 71.6 Å². The minimum Gasteiger partial charge on any atom is -0.506 e. The van der Waals surface area contributed by atoms with Gasteiger partial charge in [0.25, 0.3) is 0 Å². The molecule has 5 aromatic rings. The van der Waals surface area contributed by atoms with Crippen molar-refractivity contribution in [3.8, 4) is 22.6 Å². The highest BCUT2D eigenvalue weighted by molar-refractivity contribution is 5.92. The Hall–Kier alpha value is -5.30. The topological polar surface area (TPSA) is 136 Å². The first-order valence-corrected chi connectivity index (χ1v) is 18.7. The third-order valence-corrected chi connectivity index (χ3v) is 10.5. The molecule has 5 N–H and O–H groups in total. The third kappa shape index (κ3) is 10.5. The zero-order valence-corrected chi connectivity index (χ0v) is 30.7. The number of unbranched alkanes of at least 4 members (excludes halogenated alkanes) is 1. The number of fused-ring (bicyclic) bond motifs is 4. The van der Waals surface area contributed by atoms with Gasteiger partial charge in [-0.1, -0.05) is 54.6 Å². The number of benzene rings is 4. The Morgan fingerprint density at radius 1 is 0.891 bits per heavy atom. The van der Waals surface area contributed by atoms with Gasteiger partial charge in [0.2, 0.25) is 5.56 Å². The van der Waals surface area contributed by atoms with Gasteiger partial charge in [-0.15, -0.1) is 0 Å². The lowest BCUT2D eigenvalue weighted by atomic mass is 9.86. The smallest absolute Gasteiger partial charge is 0.411 e. The molecule has 12 heteroatoms. The van der Waals surface area contributed by atoms with E-state index in [1.165, 1.54) is 17.7 Å². The molecular weight excluding hydrogens is 706 g/mol. The first-order valence-electron chi connectivity index (χ1n) is 18.7. The van der Waals surface area contributed by atoms with Gasteiger partial charge in [-0.2, -0.15) is 0 Å². The Bertz CT molecular complexity index is 2060. The number of rotatable bonds is 15. The Morgan fingerprint density at radius 2 is 1.65 bits per heavy atom. The normalized spacial score (nSPS) is 17.8. The second-order valence-electron chi connectivity index (χ2n) is 14.2. The number of nitrogens with one attached hydrogen (secondary N) is 3. The molecule has 55 heavy (non-hydrogen) atoms. The Morgan fingerprint density at radius 3 is 2.40 bits per heavy atom. The van der Waals surface area contributed by atoms with E-state index in [1.54, 1.807) is 12.1 Å². The number of hydrogen-bond donors (Lipinski definition) is 5. The molecule has 3 aliphatic rings. The Balaban J connectivity index is 0.00000290. The summed E-state index contributed by atoms with van der Waals surface area (Å²) < 4.78 is 12.0. The lowest BCUT2D eigenvalue weighted by molar-refractivity contribution is -0.0289. The van der Waals surface area contributed by atoms with Gasteiger partial charge in [0.15, 0.2) is 0 Å². The van der Waals surface area contributed by atoms with Gasteiger partial charge in [0, 0.05) is 30.1 Å². The van der Waals surface area contributed by atoms with Crippen molar-refractivity contribution in [2.75, 3.05) is 44.6 Å². The second kappa shape index (κ2) is 19.3. The fourth-order valence-electron chi connectivity index (χ4n) is 7.54. The number of aliphatic hydroxyl groups excluding tert-OH is 1. The highest BCUT2D eigenvalue weighted by Gasteiger charge is 2.36. The molecule has 3 saturated heterocycles. The summed E-state index contributed by atoms with van der Waals surface area (Å²) in [5, 5.41) is 27.9. The van der Waals surface area contributed by atoms with Crippen LogP contribution in [0.5, 0.6) is 11.5 Å². The van der Waals surface area contributed by atoms with Crippen LogP contribution < -0.4 is 20.9 Å². The molecule has 10 nitrogen and oxygen atoms in total. The fourth-order valence-corrected chi connectivity index (χ4v) is 7.54. The zero-order chi connectivity index (χ0) is 36.6. The summed E-state index contributed by atoms with van der Waals surface area (Å²) in [4.78, 5) is 29.7. The van der Waals surface area contributed by atoms with Crippen molar-refractivity contribution in [2.24, 2.45) is 5.92 Å². The SMILES string of the molecule is F.F.O=C(Nc1ccc(CCCCOc2ccc(CCNC[C@H](O)c3ccc(O)c4[nH]c(=O)ccc34)cc2)cc1-c1ccccc1)O[C@H]1CN2CCC1CC2. The van der Waals surface area contributed by atoms with Gasteiger partial charge in [0.05, 0.1) is 23.9 Å². The number of aromatic amines is 1. The third-order valence-electron chi connectivity index (χ3n) is 10.5. The molecule has 0 unspecified atom stereocenters. The number of nitrogens with zero attached hydrogens (tertiary/aromatic N) is 1. The van der Waals surface area contributed by atoms with E-state index in [1.807, 2.05) is 36.4 Å². The van der Waals surface area contributed by atoms with Crippen molar-refractivity contribution in [1.82, 2.24) is 15.2 Å². The number of aromatic nitrogens is 1. The zero-order valence-electron chi connectivity index (χ0n) is 30.7. The second-order valence-corrected chi connectivity index (χ2v) is 14.2. The van der Waals surface area contributed by atoms with Crippen LogP contribution in [0.15, 0.2) is 102 Å². The summed E-state index contributed by atoms with van der Waals surface area (Å²) in [6, 6.07) is 30.7. The first kappa shape index (κ1) is 40.9. The van der Waals surface area contributed by atoms with Crippen LogP contribution in [-0.2, 0) is 17.6 Å². The molecule has 1 amide bonds. The van der Waals surface area contributed by atoms with Crippen molar-refractivity contribution in [3.05, 3.63) is 124 Å². The molecule has 292 valence electrons. The average Bonchev–Trinajstić information content (AvgIpc) is 3.18. The maximum absolute atomic E-state index is 13.0. The molecule has 4 aromatic carbocycles. The number of aryl methyl sites for hydroxylation is 1. The van der Waals surface area contributed by atoms with Crippen molar-refractivity contribution >= 4 is 22.7 Å². The summed E-state index contributed by atoms with van der Waals surface area (Å²) in [5.41, 5.74) is 5.82. The van der Waals surface area contributed by atoms with Crippen LogP contribution in [0.3, 0.4) is 0 Å². The maximum atomic E-state index is 13.0. The van der Waals surface area contributed by atoms with E-state index < -0.39 is 6.10 Å². The van der Waals surface area contributed by atoms with Gasteiger partial charge >= 0.3 is 6.09 Å². The number of amides is 1. The Labute approximate surface area is 319 Å². The number of phenolic OH excluding ortho intramolecular Hbond substituents is 1. The van der Waals surface area contributed by atoms with Gasteiger partial charge in [-0.25, -0.2) is 4.79 Å². The largest absolute Gasteiger partial charge is 0.506 e. The monoisotopic (exact) mass is 756 g/mol. The number of halogens is 2. The number of aromatic hydroxyl groups is 1. The minimum atomic E-state index is -0.794. The number of phenols is 1. The van der Waals surface area contributed by atoms with Gasteiger partial charge in [0.1, 0.15) is 17.6 Å². The van der Waals surface area contributed by atoms with Crippen molar-refractivity contribution < 1.29 is 33.9 Å². The molecule has 2 atom stereocenters. The molecule has 0 aliphatic carbocycles. The van der Waals surface area contributed by atoms with Gasteiger partial charge in [-0.05, 0) is 123 Å². The minimum absolute atomic E-state index is 0. The number of ether oxygens (including phenoxy) is 2. The number of carbonyl (C=O) groups excluding carboxylic acids is 1. The van der Waals surface area contributed by atoms with E-state index in [0.29, 0.717) is 42.1 Å². The maximum Gasteiger partial charge on any atom is 0.411 e. The molecular formula is C43H50F2N4O6. The van der Waals surface area contributed by atoms with Crippen LogP contribution >= 0.6 is 0 Å². The van der Waals surface area contributed by atoms with E-state index in [9.17, 15) is 19.8 Å². The average molecular weight is 757 g/mol. The van der Waals surface area contributed by atoms with E-state index in [-0.39, 0.29) is 32.9 Å². The predicted molar refractivity (Wildman–Crippen MR) is 213 cm³/mol. The molecule has 3 aliphatic heterocycles. The molecule has 0 saturated carbocycles. The molecule has 2 bridgehead atoms. The highest BCUT2D eigenvalue weighted by Crippen LogP contribution is 2.33. The van der Waals surface area contributed by atoms with Crippen molar-refractivity contribution in [2.45, 2.75) is 50.7 Å². The van der Waals surface area contributed by atoms with Crippen LogP contribution in [0.2, 0.25) is 0 Å². The number of hydrogen-bond acceptors (Lipinski definition) is 8. The first-order chi connectivity index (χ1) is 25.9. The van der Waals surface area contributed by atoms with Gasteiger partial charge in [-0.3, -0.25) is 24.4 Å². The molecule has 0 spiro atoms. The standard InChI is InChI=1S/C43H48N4O6.2FH/c48-38-17-14-34(35-15-18-41(50)46-42(35)38)39(49)27-44-22-19-29-9-12-33(13-10-29)52-25-5-4-6-30-11-16-37(36(26-30)31-7-2-1-3-8-31)45-43(51)53-40-28-47-23-20-32(40)21-24-47;;/h1-3,7-18,26,32,39-40,44,48-49H,4-6,19-25,27-28H2,(H,45,51)(H,46,50);2*1H/t39-,40-;;/m0../s1. The summed E-state index contributed by atoms with van der Waals surface area (Å²) in [6.07, 6.45) is 4.55. The lowest BCUT2D eigenvalue weighted by Crippen LogP contribution is -2.52. The van der Waals surface area contributed by atoms with Crippen LogP contribution in [0.25, 0.3) is 22.0 Å². The number of anilines is 1.